The van der Waals surface area contributed by atoms with Crippen molar-refractivity contribution in [1.29, 1.82) is 5.41 Å². The number of benzene rings is 3. The minimum atomic E-state index is -3.77. The van der Waals surface area contributed by atoms with Crippen molar-refractivity contribution >= 4 is 46.1 Å². The number of hydrogen-bond acceptors (Lipinski definition) is 6. The van der Waals surface area contributed by atoms with Crippen LogP contribution in [0.5, 0.6) is 0 Å². The topological polar surface area (TPSA) is 155 Å². The summed E-state index contributed by atoms with van der Waals surface area (Å²) in [5.74, 6) is -1.03. The quantitative estimate of drug-likeness (QED) is 0.126. The van der Waals surface area contributed by atoms with E-state index in [9.17, 15) is 18.0 Å². The molecule has 1 aliphatic rings. The molecule has 0 aliphatic carbocycles. The number of amidine groups is 1. The number of carbonyl (C=O) groups is 2. The lowest BCUT2D eigenvalue weighted by Crippen LogP contribution is -2.43. The number of nitrogens with zero attached hydrogens (tertiary/aromatic N) is 1. The van der Waals surface area contributed by atoms with Crippen molar-refractivity contribution in [2.75, 3.05) is 25.0 Å². The van der Waals surface area contributed by atoms with Crippen LogP contribution in [0.4, 0.5) is 5.69 Å². The molecule has 214 valence electrons. The van der Waals surface area contributed by atoms with Gasteiger partial charge in [-0.25, -0.2) is 8.42 Å². The zero-order chi connectivity index (χ0) is 29.6. The number of rotatable bonds is 10. The summed E-state index contributed by atoms with van der Waals surface area (Å²) >= 11 is 0. The van der Waals surface area contributed by atoms with E-state index in [1.165, 1.54) is 4.31 Å². The van der Waals surface area contributed by atoms with Gasteiger partial charge in [0, 0.05) is 24.3 Å². The van der Waals surface area contributed by atoms with E-state index in [0.717, 1.165) is 11.1 Å². The van der Waals surface area contributed by atoms with Crippen LogP contribution in [-0.4, -0.2) is 57.3 Å². The second-order valence-corrected chi connectivity index (χ2v) is 11.8. The summed E-state index contributed by atoms with van der Waals surface area (Å²) < 4.78 is 34.7. The molecule has 1 aliphatic heterocycles. The Labute approximate surface area is 241 Å². The smallest absolute Gasteiger partial charge is 0.242 e. The van der Waals surface area contributed by atoms with Gasteiger partial charge in [-0.2, -0.15) is 4.31 Å². The van der Waals surface area contributed by atoms with Crippen LogP contribution in [-0.2, 0) is 24.3 Å². The van der Waals surface area contributed by atoms with Gasteiger partial charge in [-0.1, -0.05) is 54.8 Å². The van der Waals surface area contributed by atoms with Crippen LogP contribution < -0.4 is 21.8 Å². The second-order valence-electron chi connectivity index (χ2n) is 9.86. The molecule has 10 nitrogen and oxygen atoms in total. The molecular weight excluding hydrogens is 541 g/mol. The molecule has 2 amide bonds. The zero-order valence-corrected chi connectivity index (χ0v) is 23.9. The van der Waals surface area contributed by atoms with Crippen molar-refractivity contribution in [3.8, 4) is 0 Å². The SMILES string of the molecule is CBc1cc([C@H](C)NC(=O)CC(=O)Nc2ccc(C(=N)N)cc2)ccc1S(=O)(=O)N1CCOC(c2ccccc2)C1. The summed E-state index contributed by atoms with van der Waals surface area (Å²) in [4.78, 5) is 25.2. The fourth-order valence-corrected chi connectivity index (χ4v) is 6.41. The van der Waals surface area contributed by atoms with E-state index < -0.39 is 27.9 Å². The Hall–Kier alpha value is -4.00. The molecule has 0 aromatic heterocycles. The fraction of sp³-hybridized carbons (Fsp3) is 0.276. The largest absolute Gasteiger partial charge is 0.384 e. The van der Waals surface area contributed by atoms with Gasteiger partial charge >= 0.3 is 0 Å². The summed E-state index contributed by atoms with van der Waals surface area (Å²) in [6.45, 7) is 4.48. The number of anilines is 1. The number of nitrogens with two attached hydrogens (primary N) is 1. The maximum Gasteiger partial charge on any atom is 0.242 e. The van der Waals surface area contributed by atoms with Gasteiger partial charge in [-0.3, -0.25) is 15.0 Å². The van der Waals surface area contributed by atoms with Crippen LogP contribution in [0.2, 0.25) is 6.82 Å². The van der Waals surface area contributed by atoms with Crippen LogP contribution >= 0.6 is 0 Å². The molecular formula is C29H34BN5O5S. The number of sulfonamides is 1. The molecule has 1 heterocycles. The van der Waals surface area contributed by atoms with Crippen LogP contribution in [0, 0.1) is 5.41 Å². The highest BCUT2D eigenvalue weighted by Crippen LogP contribution is 2.26. The third-order valence-corrected chi connectivity index (χ3v) is 8.93. The van der Waals surface area contributed by atoms with E-state index in [-0.39, 0.29) is 36.3 Å². The summed E-state index contributed by atoms with van der Waals surface area (Å²) in [7, 11) is -3.28. The van der Waals surface area contributed by atoms with Crippen molar-refractivity contribution < 1.29 is 22.7 Å². The number of hydrogen-bond donors (Lipinski definition) is 4. The zero-order valence-electron chi connectivity index (χ0n) is 23.1. The normalized spacial score (nSPS) is 16.4. The first-order chi connectivity index (χ1) is 19.6. The lowest BCUT2D eigenvalue weighted by atomic mass is 9.72. The minimum absolute atomic E-state index is 0.0779. The van der Waals surface area contributed by atoms with Crippen molar-refractivity contribution in [3.05, 3.63) is 89.5 Å². The summed E-state index contributed by atoms with van der Waals surface area (Å²) in [6.07, 6.45) is -0.720. The maximum atomic E-state index is 13.7. The van der Waals surface area contributed by atoms with Crippen LogP contribution in [0.25, 0.3) is 0 Å². The third kappa shape index (κ3) is 7.40. The van der Waals surface area contributed by atoms with Gasteiger partial charge in [0.15, 0.2) is 7.28 Å². The molecule has 1 unspecified atom stereocenters. The van der Waals surface area contributed by atoms with Crippen molar-refractivity contribution in [2.24, 2.45) is 5.73 Å². The molecule has 0 saturated carbocycles. The molecule has 4 rings (SSSR count). The summed E-state index contributed by atoms with van der Waals surface area (Å²) in [5.41, 5.74) is 8.77. The Morgan fingerprint density at radius 2 is 1.80 bits per heavy atom. The Bertz CT molecular complexity index is 1520. The third-order valence-electron chi connectivity index (χ3n) is 6.96. The van der Waals surface area contributed by atoms with Gasteiger partial charge in [0.25, 0.3) is 0 Å². The number of nitrogens with one attached hydrogen (secondary N) is 3. The Kier molecular flexibility index (Phi) is 9.59. The molecule has 12 heteroatoms. The van der Waals surface area contributed by atoms with E-state index in [2.05, 4.69) is 10.6 Å². The highest BCUT2D eigenvalue weighted by molar-refractivity contribution is 7.89. The minimum Gasteiger partial charge on any atom is -0.384 e. The van der Waals surface area contributed by atoms with E-state index in [0.29, 0.717) is 30.6 Å². The molecule has 3 aromatic rings. The first-order valence-electron chi connectivity index (χ1n) is 13.4. The maximum absolute atomic E-state index is 13.7. The highest BCUT2D eigenvalue weighted by Gasteiger charge is 2.33. The first-order valence-corrected chi connectivity index (χ1v) is 14.9. The van der Waals surface area contributed by atoms with Crippen molar-refractivity contribution in [1.82, 2.24) is 9.62 Å². The van der Waals surface area contributed by atoms with E-state index in [1.54, 1.807) is 49.4 Å². The van der Waals surface area contributed by atoms with Gasteiger partial charge < -0.3 is 21.1 Å². The summed E-state index contributed by atoms with van der Waals surface area (Å²) in [5, 5.41) is 12.9. The van der Waals surface area contributed by atoms with Gasteiger partial charge in [-0.05, 0) is 48.4 Å². The number of morpholine rings is 1. The predicted octanol–water partition coefficient (Wildman–Crippen LogP) is 2.05. The molecule has 0 bridgehead atoms. The van der Waals surface area contributed by atoms with E-state index in [4.69, 9.17) is 15.9 Å². The molecule has 1 saturated heterocycles. The molecule has 0 radical (unpaired) electrons. The van der Waals surface area contributed by atoms with Gasteiger partial charge in [0.2, 0.25) is 21.8 Å². The monoisotopic (exact) mass is 575 g/mol. The average Bonchev–Trinajstić information content (AvgIpc) is 2.97. The number of amides is 2. The number of carbonyl (C=O) groups excluding carboxylic acids is 2. The molecule has 5 N–H and O–H groups in total. The molecule has 3 aromatic carbocycles. The first kappa shape index (κ1) is 30.0. The standard InChI is InChI=1S/C29H34BN5O5S/c1-19(33-27(36)17-28(37)34-23-11-8-21(9-12-23)29(31)32)22-10-13-26(24(16-22)30-2)41(38,39)35-14-15-40-25(18-35)20-6-4-3-5-7-20/h3-13,16,19,25,30H,14-15,17-18H2,1-2H3,(H3,31,32)(H,33,36)(H,34,37)/t19-,25?/m0/s1. The molecule has 1 fully saturated rings. The Morgan fingerprint density at radius 3 is 2.46 bits per heavy atom. The van der Waals surface area contributed by atoms with Crippen LogP contribution in [0.1, 0.15) is 42.2 Å². The lowest BCUT2D eigenvalue weighted by molar-refractivity contribution is -0.127. The van der Waals surface area contributed by atoms with Gasteiger partial charge in [0.1, 0.15) is 12.3 Å². The fourth-order valence-electron chi connectivity index (χ4n) is 4.71. The second kappa shape index (κ2) is 13.1. The predicted molar refractivity (Wildman–Crippen MR) is 160 cm³/mol. The number of ether oxygens (including phenoxy) is 1. The molecule has 0 spiro atoms. The number of nitrogen functional groups attached to an aromatic ring is 1. The Balaban J connectivity index is 1.39. The van der Waals surface area contributed by atoms with Gasteiger partial charge in [-0.15, -0.1) is 0 Å². The lowest BCUT2D eigenvalue weighted by Gasteiger charge is -2.33. The van der Waals surface area contributed by atoms with Crippen molar-refractivity contribution in [2.45, 2.75) is 37.2 Å². The van der Waals surface area contributed by atoms with Crippen LogP contribution in [0.3, 0.4) is 0 Å². The van der Waals surface area contributed by atoms with Gasteiger partial charge in [0.05, 0.1) is 23.6 Å². The van der Waals surface area contributed by atoms with Crippen LogP contribution in [0.15, 0.2) is 77.7 Å². The van der Waals surface area contributed by atoms with E-state index in [1.807, 2.05) is 37.2 Å². The average molecular weight is 576 g/mol. The molecule has 2 atom stereocenters. The summed E-state index contributed by atoms with van der Waals surface area (Å²) in [6, 6.07) is 20.6. The molecule has 41 heavy (non-hydrogen) atoms. The Morgan fingerprint density at radius 1 is 1.10 bits per heavy atom. The van der Waals surface area contributed by atoms with E-state index >= 15 is 0 Å². The highest BCUT2D eigenvalue weighted by atomic mass is 32.2. The van der Waals surface area contributed by atoms with Crippen molar-refractivity contribution in [3.63, 3.8) is 0 Å².